The first kappa shape index (κ1) is 13.9. The van der Waals surface area contributed by atoms with E-state index < -0.39 is 28.1 Å². The van der Waals surface area contributed by atoms with Crippen molar-refractivity contribution in [2.45, 2.75) is 12.1 Å². The lowest BCUT2D eigenvalue weighted by atomic mass is 10.2. The van der Waals surface area contributed by atoms with Gasteiger partial charge in [0.1, 0.15) is 4.47 Å². The van der Waals surface area contributed by atoms with Gasteiger partial charge in [-0.25, -0.2) is 4.68 Å². The lowest BCUT2D eigenvalue weighted by molar-refractivity contribution is -0.291. The summed E-state index contributed by atoms with van der Waals surface area (Å²) in [6.07, 6.45) is -5.79. The standard InChI is InChI=1S/C7H4BrF5N2O2/c1-15-5(17-2-16)3(8)4(14-15)6(9,10)7(11,12)13/h2H,1H3. The molecule has 0 fully saturated rings. The minimum atomic E-state index is -5.79. The number of aromatic nitrogens is 2. The van der Waals surface area contributed by atoms with E-state index in [9.17, 15) is 26.7 Å². The van der Waals surface area contributed by atoms with Gasteiger partial charge in [0.15, 0.2) is 5.69 Å². The molecule has 4 nitrogen and oxygen atoms in total. The SMILES string of the molecule is Cn1nc(C(F)(F)C(F)(F)F)c(Br)c1OC=O. The summed E-state index contributed by atoms with van der Waals surface area (Å²) in [7, 11) is 1.06. The zero-order chi connectivity index (χ0) is 13.4. The highest BCUT2D eigenvalue weighted by Crippen LogP contribution is 2.47. The minimum Gasteiger partial charge on any atom is -0.409 e. The molecule has 96 valence electrons. The highest BCUT2D eigenvalue weighted by Gasteiger charge is 2.61. The van der Waals surface area contributed by atoms with Crippen LogP contribution in [0.4, 0.5) is 22.0 Å². The molecular formula is C7H4BrF5N2O2. The van der Waals surface area contributed by atoms with E-state index in [1.807, 2.05) is 0 Å². The summed E-state index contributed by atoms with van der Waals surface area (Å²) in [5.41, 5.74) is -1.57. The van der Waals surface area contributed by atoms with Gasteiger partial charge < -0.3 is 4.74 Å². The molecule has 0 atom stereocenters. The molecule has 0 aromatic carbocycles. The van der Waals surface area contributed by atoms with Gasteiger partial charge in [-0.05, 0) is 15.9 Å². The van der Waals surface area contributed by atoms with Crippen molar-refractivity contribution in [1.82, 2.24) is 9.78 Å². The third-order valence-corrected chi connectivity index (χ3v) is 2.47. The molecule has 0 saturated carbocycles. The van der Waals surface area contributed by atoms with Crippen LogP contribution < -0.4 is 4.74 Å². The van der Waals surface area contributed by atoms with Crippen LogP contribution in [0, 0.1) is 0 Å². The molecule has 1 rings (SSSR count). The number of nitrogens with zero attached hydrogens (tertiary/aromatic N) is 2. The Morgan fingerprint density at radius 1 is 1.35 bits per heavy atom. The van der Waals surface area contributed by atoms with Crippen LogP contribution in [0.25, 0.3) is 0 Å². The minimum absolute atomic E-state index is 0.114. The lowest BCUT2D eigenvalue weighted by Crippen LogP contribution is -2.34. The summed E-state index contributed by atoms with van der Waals surface area (Å²) in [4.78, 5) is 10.0. The summed E-state index contributed by atoms with van der Waals surface area (Å²) in [5.74, 6) is -5.69. The number of alkyl halides is 5. The first-order valence-corrected chi connectivity index (χ1v) is 4.70. The van der Waals surface area contributed by atoms with Crippen molar-refractivity contribution < 1.29 is 31.5 Å². The molecule has 0 unspecified atom stereocenters. The highest BCUT2D eigenvalue weighted by atomic mass is 79.9. The van der Waals surface area contributed by atoms with Gasteiger partial charge in [0.05, 0.1) is 0 Å². The zero-order valence-electron chi connectivity index (χ0n) is 8.06. The summed E-state index contributed by atoms with van der Waals surface area (Å²) in [6, 6.07) is 0. The maximum Gasteiger partial charge on any atom is 0.459 e. The van der Waals surface area contributed by atoms with Crippen LogP contribution in [0.15, 0.2) is 4.47 Å². The van der Waals surface area contributed by atoms with Crippen LogP contribution in [0.5, 0.6) is 5.88 Å². The van der Waals surface area contributed by atoms with Gasteiger partial charge in [-0.1, -0.05) is 0 Å². The Morgan fingerprint density at radius 3 is 2.29 bits per heavy atom. The maximum absolute atomic E-state index is 13.0. The van der Waals surface area contributed by atoms with Crippen molar-refractivity contribution in [3.63, 3.8) is 0 Å². The first-order valence-electron chi connectivity index (χ1n) is 3.90. The van der Waals surface area contributed by atoms with E-state index in [0.717, 1.165) is 7.05 Å². The Bertz CT molecular complexity index is 442. The molecule has 1 aromatic heterocycles. The van der Waals surface area contributed by atoms with Gasteiger partial charge in [-0.15, -0.1) is 0 Å². The fourth-order valence-corrected chi connectivity index (χ4v) is 1.67. The van der Waals surface area contributed by atoms with Crippen LogP contribution in [0.3, 0.4) is 0 Å². The second-order valence-electron chi connectivity index (χ2n) is 2.88. The molecule has 0 aliphatic heterocycles. The number of ether oxygens (including phenoxy) is 1. The molecule has 0 aliphatic rings. The molecule has 0 amide bonds. The van der Waals surface area contributed by atoms with Crippen molar-refractivity contribution in [1.29, 1.82) is 0 Å². The third-order valence-electron chi connectivity index (χ3n) is 1.75. The highest BCUT2D eigenvalue weighted by molar-refractivity contribution is 9.10. The molecule has 1 heterocycles. The normalized spacial score (nSPS) is 12.6. The van der Waals surface area contributed by atoms with Gasteiger partial charge in [0.2, 0.25) is 5.88 Å². The second kappa shape index (κ2) is 4.24. The Balaban J connectivity index is 3.34. The average Bonchev–Trinajstić information content (AvgIpc) is 2.44. The van der Waals surface area contributed by atoms with E-state index in [0.29, 0.717) is 4.68 Å². The van der Waals surface area contributed by atoms with E-state index in [2.05, 4.69) is 25.8 Å². The predicted molar refractivity (Wildman–Crippen MR) is 47.5 cm³/mol. The average molecular weight is 323 g/mol. The third kappa shape index (κ3) is 2.26. The molecule has 0 bridgehead atoms. The number of carbonyl (C=O) groups excluding carboxylic acids is 1. The topological polar surface area (TPSA) is 44.1 Å². The molecule has 0 saturated heterocycles. The largest absolute Gasteiger partial charge is 0.459 e. The quantitative estimate of drug-likeness (QED) is 0.634. The van der Waals surface area contributed by atoms with E-state index in [4.69, 9.17) is 0 Å². The van der Waals surface area contributed by atoms with Crippen LogP contribution >= 0.6 is 15.9 Å². The molecule has 17 heavy (non-hydrogen) atoms. The molecule has 10 heteroatoms. The Kier molecular flexibility index (Phi) is 3.46. The maximum atomic E-state index is 13.0. The Morgan fingerprint density at radius 2 is 1.88 bits per heavy atom. The summed E-state index contributed by atoms with van der Waals surface area (Å²) in [6.45, 7) is -0.114. The first-order chi connectivity index (χ1) is 7.63. The van der Waals surface area contributed by atoms with Crippen LogP contribution in [0.2, 0.25) is 0 Å². The van der Waals surface area contributed by atoms with E-state index in [1.54, 1.807) is 0 Å². The summed E-state index contributed by atoms with van der Waals surface area (Å²) >= 11 is 2.48. The lowest BCUT2D eigenvalue weighted by Gasteiger charge is -2.17. The van der Waals surface area contributed by atoms with E-state index in [1.165, 1.54) is 0 Å². The van der Waals surface area contributed by atoms with Gasteiger partial charge in [0.25, 0.3) is 6.47 Å². The van der Waals surface area contributed by atoms with Gasteiger partial charge >= 0.3 is 12.1 Å². The van der Waals surface area contributed by atoms with Gasteiger partial charge in [-0.3, -0.25) is 4.79 Å². The Labute approximate surface area is 99.5 Å². The molecule has 0 spiro atoms. The molecule has 0 N–H and O–H groups in total. The van der Waals surface area contributed by atoms with Crippen molar-refractivity contribution in [3.05, 3.63) is 10.2 Å². The molecule has 0 radical (unpaired) electrons. The van der Waals surface area contributed by atoms with Crippen molar-refractivity contribution >= 4 is 22.4 Å². The number of halogens is 6. The second-order valence-corrected chi connectivity index (χ2v) is 3.67. The number of rotatable bonds is 3. The van der Waals surface area contributed by atoms with E-state index >= 15 is 0 Å². The zero-order valence-corrected chi connectivity index (χ0v) is 9.64. The van der Waals surface area contributed by atoms with Crippen molar-refractivity contribution in [3.8, 4) is 5.88 Å². The molecule has 1 aromatic rings. The predicted octanol–water partition coefficient (Wildman–Crippen LogP) is 2.37. The van der Waals surface area contributed by atoms with Crippen molar-refractivity contribution in [2.24, 2.45) is 7.05 Å². The Hall–Kier alpha value is -1.19. The summed E-state index contributed by atoms with van der Waals surface area (Å²) < 4.78 is 66.3. The van der Waals surface area contributed by atoms with Gasteiger partial charge in [0, 0.05) is 7.05 Å². The fraction of sp³-hybridized carbons (Fsp3) is 0.429. The van der Waals surface area contributed by atoms with Crippen LogP contribution in [-0.2, 0) is 17.8 Å². The number of hydrogen-bond acceptors (Lipinski definition) is 3. The number of aryl methyl sites for hydroxylation is 1. The summed E-state index contributed by atoms with van der Waals surface area (Å²) in [5, 5.41) is 2.98. The molecular weight excluding hydrogens is 319 g/mol. The molecule has 0 aliphatic carbocycles. The monoisotopic (exact) mass is 322 g/mol. The number of carbonyl (C=O) groups is 1. The van der Waals surface area contributed by atoms with E-state index in [-0.39, 0.29) is 6.47 Å². The van der Waals surface area contributed by atoms with Crippen LogP contribution in [-0.4, -0.2) is 22.4 Å². The van der Waals surface area contributed by atoms with Crippen molar-refractivity contribution in [2.75, 3.05) is 0 Å². The van der Waals surface area contributed by atoms with Gasteiger partial charge in [-0.2, -0.15) is 27.1 Å². The smallest absolute Gasteiger partial charge is 0.409 e. The fourth-order valence-electron chi connectivity index (χ4n) is 0.991. The number of hydrogen-bond donors (Lipinski definition) is 0. The van der Waals surface area contributed by atoms with Crippen LogP contribution in [0.1, 0.15) is 5.69 Å².